The summed E-state index contributed by atoms with van der Waals surface area (Å²) in [7, 11) is 0. The van der Waals surface area contributed by atoms with Gasteiger partial charge in [0, 0.05) is 5.39 Å². The molecule has 46 valence electrons. The van der Waals surface area contributed by atoms with Crippen molar-refractivity contribution in [2.24, 2.45) is 0 Å². The van der Waals surface area contributed by atoms with Crippen molar-refractivity contribution in [2.75, 3.05) is 0 Å². The Morgan fingerprint density at radius 2 is 2.44 bits per heavy atom. The van der Waals surface area contributed by atoms with Crippen molar-refractivity contribution in [1.82, 2.24) is 0 Å². The van der Waals surface area contributed by atoms with Gasteiger partial charge >= 0.3 is 0 Å². The summed E-state index contributed by atoms with van der Waals surface area (Å²) >= 11 is 4.86. The zero-order valence-electron chi connectivity index (χ0n) is 4.43. The Bertz CT molecular complexity index is 294. The van der Waals surface area contributed by atoms with Crippen LogP contribution >= 0.6 is 27.3 Å². The Kier molecular flexibility index (Phi) is 1.13. The molecule has 0 aliphatic carbocycles. The van der Waals surface area contributed by atoms with Crippen LogP contribution in [0.1, 0.15) is 0 Å². The summed E-state index contributed by atoms with van der Waals surface area (Å²) < 4.78 is 6.05. The van der Waals surface area contributed by atoms with Gasteiger partial charge in [-0.15, -0.1) is 11.3 Å². The molecule has 0 amide bonds. The quantitative estimate of drug-likeness (QED) is 0.640. The molecule has 0 aliphatic heterocycles. The van der Waals surface area contributed by atoms with Crippen molar-refractivity contribution >= 4 is 37.5 Å². The molecule has 0 aliphatic rings. The van der Waals surface area contributed by atoms with E-state index < -0.39 is 0 Å². The molecule has 2 rings (SSSR count). The Labute approximate surface area is 64.4 Å². The van der Waals surface area contributed by atoms with Gasteiger partial charge in [-0.2, -0.15) is 0 Å². The summed E-state index contributed by atoms with van der Waals surface area (Å²) in [6.07, 6.45) is 0. The van der Waals surface area contributed by atoms with E-state index in [-0.39, 0.29) is 0 Å². The van der Waals surface area contributed by atoms with E-state index in [1.54, 1.807) is 11.3 Å². The van der Waals surface area contributed by atoms with Crippen LogP contribution in [0.15, 0.2) is 26.6 Å². The van der Waals surface area contributed by atoms with E-state index in [0.717, 1.165) is 9.57 Å². The minimum absolute atomic E-state index is 0.810. The number of thiophene rings is 1. The van der Waals surface area contributed by atoms with Crippen LogP contribution in [0, 0.1) is 0 Å². The smallest absolute Gasteiger partial charge is 0.189 e. The van der Waals surface area contributed by atoms with Gasteiger partial charge < -0.3 is 4.42 Å². The lowest BCUT2D eigenvalue weighted by atomic mass is 10.4. The summed E-state index contributed by atoms with van der Waals surface area (Å²) in [6.45, 7) is 0. The molecule has 0 fully saturated rings. The van der Waals surface area contributed by atoms with Crippen LogP contribution in [0.5, 0.6) is 0 Å². The van der Waals surface area contributed by atoms with Crippen LogP contribution in [0.2, 0.25) is 0 Å². The molecule has 2 aromatic heterocycles. The Morgan fingerprint density at radius 3 is 3.22 bits per heavy atom. The van der Waals surface area contributed by atoms with Crippen LogP contribution in [0.3, 0.4) is 0 Å². The summed E-state index contributed by atoms with van der Waals surface area (Å²) in [4.78, 5) is 0.988. The van der Waals surface area contributed by atoms with Crippen LogP contribution in [-0.2, 0) is 0 Å². The molecule has 2 heterocycles. The van der Waals surface area contributed by atoms with Crippen LogP contribution in [0.25, 0.3) is 10.3 Å². The van der Waals surface area contributed by atoms with Gasteiger partial charge in [0.2, 0.25) is 0 Å². The molecule has 9 heavy (non-hydrogen) atoms. The molecule has 0 N–H and O–H groups in total. The zero-order valence-corrected chi connectivity index (χ0v) is 6.83. The van der Waals surface area contributed by atoms with Crippen LogP contribution in [0.4, 0.5) is 0 Å². The molecule has 0 bridgehead atoms. The molecule has 0 unspecified atom stereocenters. The number of fused-ring (bicyclic) bond motifs is 1. The van der Waals surface area contributed by atoms with Gasteiger partial charge in [-0.1, -0.05) is 0 Å². The summed E-state index contributed by atoms with van der Waals surface area (Å²) in [5.74, 6) is 0. The van der Waals surface area contributed by atoms with E-state index in [4.69, 9.17) is 4.42 Å². The monoisotopic (exact) mass is 202 g/mol. The van der Waals surface area contributed by atoms with Crippen molar-refractivity contribution in [3.05, 3.63) is 22.2 Å². The molecular weight excluding hydrogens is 200 g/mol. The highest BCUT2D eigenvalue weighted by Crippen LogP contribution is 2.27. The second-order valence-corrected chi connectivity index (χ2v) is 3.37. The van der Waals surface area contributed by atoms with Gasteiger partial charge in [-0.05, 0) is 33.4 Å². The van der Waals surface area contributed by atoms with E-state index in [9.17, 15) is 0 Å². The predicted octanol–water partition coefficient (Wildman–Crippen LogP) is 3.26. The first-order valence-corrected chi connectivity index (χ1v) is 4.16. The van der Waals surface area contributed by atoms with Gasteiger partial charge in [0.1, 0.15) is 0 Å². The zero-order chi connectivity index (χ0) is 6.27. The molecule has 3 heteroatoms. The molecule has 0 aromatic carbocycles. The molecule has 0 atom stereocenters. The largest absolute Gasteiger partial charge is 0.439 e. The third kappa shape index (κ3) is 0.804. The standard InChI is InChI=1S/C6H3BrOS/c7-5-3-4-1-2-9-6(4)8-5/h1-3H. The summed E-state index contributed by atoms with van der Waals surface area (Å²) in [5, 5.41) is 3.19. The van der Waals surface area contributed by atoms with Gasteiger partial charge in [0.15, 0.2) is 9.57 Å². The van der Waals surface area contributed by atoms with Crippen molar-refractivity contribution in [3.63, 3.8) is 0 Å². The number of halogens is 1. The molecule has 1 nitrogen and oxygen atoms in total. The highest BCUT2D eigenvalue weighted by atomic mass is 79.9. The topological polar surface area (TPSA) is 13.1 Å². The number of hydrogen-bond donors (Lipinski definition) is 0. The normalized spacial score (nSPS) is 10.8. The number of hydrogen-bond acceptors (Lipinski definition) is 2. The lowest BCUT2D eigenvalue weighted by Gasteiger charge is -1.71. The van der Waals surface area contributed by atoms with Crippen molar-refractivity contribution < 1.29 is 4.42 Å². The van der Waals surface area contributed by atoms with E-state index >= 15 is 0 Å². The fraction of sp³-hybridized carbons (Fsp3) is 0. The lowest BCUT2D eigenvalue weighted by molar-refractivity contribution is 0.595. The Hall–Kier alpha value is -0.280. The number of rotatable bonds is 0. The molecule has 0 saturated heterocycles. The second-order valence-electron chi connectivity index (χ2n) is 1.71. The van der Waals surface area contributed by atoms with Gasteiger partial charge in [-0.3, -0.25) is 0 Å². The second kappa shape index (κ2) is 1.85. The first-order valence-electron chi connectivity index (χ1n) is 2.49. The highest BCUT2D eigenvalue weighted by Gasteiger charge is 1.99. The third-order valence-corrected chi connectivity index (χ3v) is 2.31. The van der Waals surface area contributed by atoms with E-state index in [1.807, 2.05) is 17.5 Å². The first-order chi connectivity index (χ1) is 4.36. The fourth-order valence-electron chi connectivity index (χ4n) is 0.736. The van der Waals surface area contributed by atoms with E-state index in [0.29, 0.717) is 0 Å². The van der Waals surface area contributed by atoms with E-state index in [2.05, 4.69) is 15.9 Å². The van der Waals surface area contributed by atoms with Crippen LogP contribution < -0.4 is 0 Å². The highest BCUT2D eigenvalue weighted by molar-refractivity contribution is 9.10. The SMILES string of the molecule is Brc1cc2ccsc2o1. The maximum Gasteiger partial charge on any atom is 0.189 e. The molecule has 0 radical (unpaired) electrons. The fourth-order valence-corrected chi connectivity index (χ4v) is 1.99. The van der Waals surface area contributed by atoms with E-state index in [1.165, 1.54) is 5.39 Å². The molecule has 2 aromatic rings. The molecule has 0 saturated carbocycles. The summed E-state index contributed by atoms with van der Waals surface area (Å²) in [5.41, 5.74) is 0. The lowest BCUT2D eigenvalue weighted by Crippen LogP contribution is -1.40. The number of furan rings is 1. The van der Waals surface area contributed by atoms with Crippen molar-refractivity contribution in [2.45, 2.75) is 0 Å². The Morgan fingerprint density at radius 1 is 1.56 bits per heavy atom. The first kappa shape index (κ1) is 5.50. The average molecular weight is 203 g/mol. The van der Waals surface area contributed by atoms with Crippen LogP contribution in [-0.4, -0.2) is 0 Å². The van der Waals surface area contributed by atoms with Gasteiger partial charge in [0.05, 0.1) is 0 Å². The Balaban J connectivity index is 2.92. The maximum absolute atomic E-state index is 5.24. The average Bonchev–Trinajstić information content (AvgIpc) is 2.22. The molecule has 0 spiro atoms. The molecular formula is C6H3BrOS. The van der Waals surface area contributed by atoms with Crippen molar-refractivity contribution in [3.8, 4) is 0 Å². The minimum atomic E-state index is 0.810. The third-order valence-electron chi connectivity index (χ3n) is 1.12. The maximum atomic E-state index is 5.24. The van der Waals surface area contributed by atoms with Crippen molar-refractivity contribution in [1.29, 1.82) is 0 Å². The predicted molar refractivity (Wildman–Crippen MR) is 41.8 cm³/mol. The summed E-state index contributed by atoms with van der Waals surface area (Å²) in [6, 6.07) is 4.00. The minimum Gasteiger partial charge on any atom is -0.439 e. The van der Waals surface area contributed by atoms with Gasteiger partial charge in [0.25, 0.3) is 0 Å². The van der Waals surface area contributed by atoms with Gasteiger partial charge in [-0.25, -0.2) is 0 Å².